The van der Waals surface area contributed by atoms with Gasteiger partial charge in [-0.05, 0) is 23.8 Å². The molecule has 2 aromatic rings. The van der Waals surface area contributed by atoms with Crippen LogP contribution in [0.15, 0.2) is 41.0 Å². The summed E-state index contributed by atoms with van der Waals surface area (Å²) < 4.78 is 1.07. The molecule has 0 amide bonds. The number of hydrogen-bond acceptors (Lipinski definition) is 3. The smallest absolute Gasteiger partial charge is 0.132 e. The SMILES string of the molecule is NCc1ccnc(Cc2cccc(Br)c2)n1. The Morgan fingerprint density at radius 2 is 2.12 bits per heavy atom. The molecule has 1 heterocycles. The molecule has 0 bridgehead atoms. The zero-order chi connectivity index (χ0) is 11.4. The number of rotatable bonds is 3. The lowest BCUT2D eigenvalue weighted by Gasteiger charge is -2.02. The average molecular weight is 278 g/mol. The summed E-state index contributed by atoms with van der Waals surface area (Å²) in [4.78, 5) is 8.60. The highest BCUT2D eigenvalue weighted by Crippen LogP contribution is 2.13. The number of aromatic nitrogens is 2. The van der Waals surface area contributed by atoms with Crippen LogP contribution in [-0.4, -0.2) is 9.97 Å². The minimum absolute atomic E-state index is 0.452. The van der Waals surface area contributed by atoms with Crippen LogP contribution in [-0.2, 0) is 13.0 Å². The third-order valence-corrected chi connectivity index (χ3v) is 2.72. The van der Waals surface area contributed by atoms with Crippen LogP contribution in [0.4, 0.5) is 0 Å². The first kappa shape index (κ1) is 11.2. The van der Waals surface area contributed by atoms with Crippen molar-refractivity contribution in [2.75, 3.05) is 0 Å². The number of nitrogens with zero attached hydrogens (tertiary/aromatic N) is 2. The van der Waals surface area contributed by atoms with Crippen LogP contribution >= 0.6 is 15.9 Å². The molecule has 0 aliphatic heterocycles. The predicted octanol–water partition coefficient (Wildman–Crippen LogP) is 2.29. The third-order valence-electron chi connectivity index (χ3n) is 2.22. The molecule has 1 aromatic heterocycles. The van der Waals surface area contributed by atoms with Gasteiger partial charge in [0.15, 0.2) is 0 Å². The van der Waals surface area contributed by atoms with E-state index >= 15 is 0 Å². The van der Waals surface area contributed by atoms with Gasteiger partial charge in [-0.3, -0.25) is 0 Å². The maximum absolute atomic E-state index is 5.54. The number of nitrogens with two attached hydrogens (primary N) is 1. The van der Waals surface area contributed by atoms with E-state index in [0.29, 0.717) is 6.54 Å². The largest absolute Gasteiger partial charge is 0.325 e. The molecule has 82 valence electrons. The van der Waals surface area contributed by atoms with Crippen LogP contribution in [0, 0.1) is 0 Å². The summed E-state index contributed by atoms with van der Waals surface area (Å²) in [5, 5.41) is 0. The van der Waals surface area contributed by atoms with E-state index in [1.165, 1.54) is 5.56 Å². The van der Waals surface area contributed by atoms with Crippen molar-refractivity contribution in [3.63, 3.8) is 0 Å². The molecule has 0 unspecified atom stereocenters. The highest BCUT2D eigenvalue weighted by atomic mass is 79.9. The molecule has 0 aliphatic rings. The van der Waals surface area contributed by atoms with Gasteiger partial charge in [0.05, 0.1) is 5.69 Å². The second kappa shape index (κ2) is 5.18. The zero-order valence-electron chi connectivity index (χ0n) is 8.73. The quantitative estimate of drug-likeness (QED) is 0.937. The van der Waals surface area contributed by atoms with E-state index in [-0.39, 0.29) is 0 Å². The lowest BCUT2D eigenvalue weighted by Crippen LogP contribution is -2.04. The summed E-state index contributed by atoms with van der Waals surface area (Å²) in [6, 6.07) is 9.97. The molecule has 0 spiro atoms. The minimum atomic E-state index is 0.452. The van der Waals surface area contributed by atoms with Crippen LogP contribution in [0.25, 0.3) is 0 Å². The molecule has 0 aliphatic carbocycles. The van der Waals surface area contributed by atoms with Crippen LogP contribution in [0.2, 0.25) is 0 Å². The van der Waals surface area contributed by atoms with Crippen molar-refractivity contribution >= 4 is 15.9 Å². The fourth-order valence-electron chi connectivity index (χ4n) is 1.47. The number of halogens is 1. The van der Waals surface area contributed by atoms with Gasteiger partial charge in [-0.2, -0.15) is 0 Å². The minimum Gasteiger partial charge on any atom is -0.325 e. The van der Waals surface area contributed by atoms with Crippen molar-refractivity contribution < 1.29 is 0 Å². The molecule has 0 saturated heterocycles. The van der Waals surface area contributed by atoms with E-state index < -0.39 is 0 Å². The maximum Gasteiger partial charge on any atom is 0.132 e. The first-order valence-corrected chi connectivity index (χ1v) is 5.82. The summed E-state index contributed by atoms with van der Waals surface area (Å²) in [5.74, 6) is 0.807. The molecule has 1 aromatic carbocycles. The van der Waals surface area contributed by atoms with Crippen molar-refractivity contribution in [2.24, 2.45) is 5.73 Å². The molecule has 2 rings (SSSR count). The standard InChI is InChI=1S/C12H12BrN3/c13-10-3-1-2-9(6-10)7-12-15-5-4-11(8-14)16-12/h1-6H,7-8,14H2. The molecular weight excluding hydrogens is 266 g/mol. The third kappa shape index (κ3) is 2.87. The van der Waals surface area contributed by atoms with Gasteiger partial charge >= 0.3 is 0 Å². The van der Waals surface area contributed by atoms with Crippen molar-refractivity contribution in [2.45, 2.75) is 13.0 Å². The van der Waals surface area contributed by atoms with E-state index in [4.69, 9.17) is 5.73 Å². The highest BCUT2D eigenvalue weighted by Gasteiger charge is 2.00. The van der Waals surface area contributed by atoms with Gasteiger partial charge < -0.3 is 5.73 Å². The first-order chi connectivity index (χ1) is 7.78. The molecule has 16 heavy (non-hydrogen) atoms. The van der Waals surface area contributed by atoms with Crippen LogP contribution in [0.3, 0.4) is 0 Å². The Morgan fingerprint density at radius 1 is 1.25 bits per heavy atom. The van der Waals surface area contributed by atoms with E-state index in [9.17, 15) is 0 Å². The Kier molecular flexibility index (Phi) is 3.64. The Bertz CT molecular complexity index is 485. The number of benzene rings is 1. The van der Waals surface area contributed by atoms with Gasteiger partial charge in [0.25, 0.3) is 0 Å². The topological polar surface area (TPSA) is 51.8 Å². The predicted molar refractivity (Wildman–Crippen MR) is 66.9 cm³/mol. The van der Waals surface area contributed by atoms with Crippen molar-refractivity contribution in [3.05, 3.63) is 58.1 Å². The van der Waals surface area contributed by atoms with Crippen LogP contribution in [0.1, 0.15) is 17.1 Å². The van der Waals surface area contributed by atoms with Crippen molar-refractivity contribution in [1.82, 2.24) is 9.97 Å². The van der Waals surface area contributed by atoms with E-state index in [2.05, 4.69) is 38.0 Å². The number of hydrogen-bond donors (Lipinski definition) is 1. The summed E-state index contributed by atoms with van der Waals surface area (Å²) >= 11 is 3.44. The van der Waals surface area contributed by atoms with E-state index in [1.54, 1.807) is 6.20 Å². The fraction of sp³-hybridized carbons (Fsp3) is 0.167. The lowest BCUT2D eigenvalue weighted by atomic mass is 10.1. The molecule has 2 N–H and O–H groups in total. The first-order valence-electron chi connectivity index (χ1n) is 5.03. The van der Waals surface area contributed by atoms with Gasteiger partial charge in [0.1, 0.15) is 5.82 Å². The second-order valence-electron chi connectivity index (χ2n) is 3.48. The Labute approximate surface area is 103 Å². The molecule has 0 saturated carbocycles. The zero-order valence-corrected chi connectivity index (χ0v) is 10.3. The van der Waals surface area contributed by atoms with Crippen molar-refractivity contribution in [1.29, 1.82) is 0 Å². The van der Waals surface area contributed by atoms with Gasteiger partial charge in [-0.25, -0.2) is 9.97 Å². The average Bonchev–Trinajstić information content (AvgIpc) is 2.29. The molecule has 0 atom stereocenters. The van der Waals surface area contributed by atoms with E-state index in [1.807, 2.05) is 18.2 Å². The molecular formula is C12H12BrN3. The summed E-state index contributed by atoms with van der Waals surface area (Å²) in [7, 11) is 0. The Morgan fingerprint density at radius 3 is 2.88 bits per heavy atom. The summed E-state index contributed by atoms with van der Waals surface area (Å²) in [5.41, 5.74) is 7.60. The highest BCUT2D eigenvalue weighted by molar-refractivity contribution is 9.10. The Balaban J connectivity index is 2.20. The van der Waals surface area contributed by atoms with Gasteiger partial charge in [0, 0.05) is 23.6 Å². The molecule has 0 radical (unpaired) electrons. The van der Waals surface area contributed by atoms with Gasteiger partial charge in [-0.1, -0.05) is 28.1 Å². The van der Waals surface area contributed by atoms with Crippen molar-refractivity contribution in [3.8, 4) is 0 Å². The van der Waals surface area contributed by atoms with E-state index in [0.717, 1.165) is 22.4 Å². The molecule has 0 fully saturated rings. The normalized spacial score (nSPS) is 10.4. The summed E-state index contributed by atoms with van der Waals surface area (Å²) in [6.07, 6.45) is 2.48. The summed E-state index contributed by atoms with van der Waals surface area (Å²) in [6.45, 7) is 0.452. The Hall–Kier alpha value is -1.26. The van der Waals surface area contributed by atoms with Crippen LogP contribution < -0.4 is 5.73 Å². The molecule has 3 nitrogen and oxygen atoms in total. The molecule has 4 heteroatoms. The van der Waals surface area contributed by atoms with Gasteiger partial charge in [0.2, 0.25) is 0 Å². The lowest BCUT2D eigenvalue weighted by molar-refractivity contribution is 0.891. The fourth-order valence-corrected chi connectivity index (χ4v) is 1.92. The second-order valence-corrected chi connectivity index (χ2v) is 4.39. The van der Waals surface area contributed by atoms with Gasteiger partial charge in [-0.15, -0.1) is 0 Å². The van der Waals surface area contributed by atoms with Crippen LogP contribution in [0.5, 0.6) is 0 Å². The maximum atomic E-state index is 5.54. The monoisotopic (exact) mass is 277 g/mol.